The molecule has 0 radical (unpaired) electrons. The van der Waals surface area contributed by atoms with Gasteiger partial charge in [0.15, 0.2) is 0 Å². The second-order valence-corrected chi connectivity index (χ2v) is 8.30. The Morgan fingerprint density at radius 1 is 1.14 bits per heavy atom. The van der Waals surface area contributed by atoms with Gasteiger partial charge in [-0.15, -0.1) is 0 Å². The van der Waals surface area contributed by atoms with E-state index in [1.54, 1.807) is 6.20 Å². The number of likely N-dealkylation sites (tertiary alicyclic amines) is 1. The number of pyridine rings is 1. The first-order valence-corrected chi connectivity index (χ1v) is 10.8. The molecule has 0 aliphatic carbocycles. The molecule has 0 bridgehead atoms. The van der Waals surface area contributed by atoms with Crippen LogP contribution in [0.25, 0.3) is 0 Å². The second kappa shape index (κ2) is 9.51. The van der Waals surface area contributed by atoms with E-state index in [1.165, 1.54) is 11.1 Å². The Hall–Kier alpha value is -2.24. The molecule has 154 valence electrons. The number of carbonyl (C=O) groups excluding carboxylic acids is 1. The molecule has 5 heteroatoms. The summed E-state index contributed by atoms with van der Waals surface area (Å²) < 4.78 is 5.67. The van der Waals surface area contributed by atoms with Gasteiger partial charge in [-0.25, -0.2) is 0 Å². The lowest BCUT2D eigenvalue weighted by Gasteiger charge is -2.42. The second-order valence-electron chi connectivity index (χ2n) is 8.30. The van der Waals surface area contributed by atoms with E-state index in [2.05, 4.69) is 51.6 Å². The highest BCUT2D eigenvalue weighted by molar-refractivity contribution is 5.79. The summed E-state index contributed by atoms with van der Waals surface area (Å²) in [5, 5.41) is 3.51. The van der Waals surface area contributed by atoms with Crippen molar-refractivity contribution in [3.8, 4) is 0 Å². The van der Waals surface area contributed by atoms with Crippen LogP contribution in [0.15, 0.2) is 54.9 Å². The van der Waals surface area contributed by atoms with Crippen LogP contribution < -0.4 is 5.32 Å². The number of benzene rings is 1. The Bertz CT molecular complexity index is 775. The summed E-state index contributed by atoms with van der Waals surface area (Å²) in [5.41, 5.74) is 2.55. The number of ether oxygens (including phenoxy) is 1. The van der Waals surface area contributed by atoms with Crippen molar-refractivity contribution in [1.29, 1.82) is 0 Å². The number of carbonyl (C=O) groups is 1. The fourth-order valence-corrected chi connectivity index (χ4v) is 4.73. The maximum Gasteiger partial charge on any atom is 0.222 e. The molecule has 1 aromatic heterocycles. The smallest absolute Gasteiger partial charge is 0.222 e. The van der Waals surface area contributed by atoms with E-state index in [1.807, 2.05) is 12.3 Å². The van der Waals surface area contributed by atoms with Gasteiger partial charge in [0.05, 0.1) is 0 Å². The molecule has 4 rings (SSSR count). The van der Waals surface area contributed by atoms with Gasteiger partial charge in [0, 0.05) is 56.6 Å². The average molecular weight is 394 g/mol. The lowest BCUT2D eigenvalue weighted by atomic mass is 9.73. The van der Waals surface area contributed by atoms with Crippen molar-refractivity contribution < 1.29 is 9.53 Å². The van der Waals surface area contributed by atoms with Gasteiger partial charge in [-0.1, -0.05) is 36.4 Å². The molecule has 0 spiro atoms. The first-order chi connectivity index (χ1) is 14.3. The largest absolute Gasteiger partial charge is 0.381 e. The molecule has 2 aliphatic heterocycles. The fourth-order valence-electron chi connectivity index (χ4n) is 4.73. The third kappa shape index (κ3) is 4.85. The summed E-state index contributed by atoms with van der Waals surface area (Å²) in [6.07, 6.45) is 8.29. The van der Waals surface area contributed by atoms with Crippen LogP contribution in [0.5, 0.6) is 0 Å². The first kappa shape index (κ1) is 20.0. The van der Waals surface area contributed by atoms with E-state index in [-0.39, 0.29) is 5.41 Å². The van der Waals surface area contributed by atoms with Crippen molar-refractivity contribution in [3.63, 3.8) is 0 Å². The number of rotatable bonds is 8. The molecule has 2 aliphatic rings. The predicted molar refractivity (Wildman–Crippen MR) is 113 cm³/mol. The molecule has 1 aromatic carbocycles. The van der Waals surface area contributed by atoms with Gasteiger partial charge in [0.1, 0.15) is 0 Å². The van der Waals surface area contributed by atoms with Crippen LogP contribution in [-0.4, -0.2) is 48.1 Å². The van der Waals surface area contributed by atoms with Crippen LogP contribution in [0, 0.1) is 0 Å². The van der Waals surface area contributed by atoms with Gasteiger partial charge in [-0.05, 0) is 49.4 Å². The summed E-state index contributed by atoms with van der Waals surface area (Å²) in [6, 6.07) is 15.1. The van der Waals surface area contributed by atoms with Crippen molar-refractivity contribution in [2.75, 3.05) is 26.3 Å². The van der Waals surface area contributed by atoms with Crippen LogP contribution in [0.1, 0.15) is 43.2 Å². The highest BCUT2D eigenvalue weighted by atomic mass is 16.5. The number of aromatic nitrogens is 1. The number of hydrogen-bond donors (Lipinski definition) is 1. The minimum Gasteiger partial charge on any atom is -0.381 e. The molecule has 1 N–H and O–H groups in total. The van der Waals surface area contributed by atoms with E-state index >= 15 is 0 Å². The predicted octanol–water partition coefficient (Wildman–Crippen LogP) is 3.30. The average Bonchev–Trinajstić information content (AvgIpc) is 3.12. The van der Waals surface area contributed by atoms with Gasteiger partial charge in [0.2, 0.25) is 5.91 Å². The summed E-state index contributed by atoms with van der Waals surface area (Å²) in [4.78, 5) is 19.1. The normalized spacial score (nSPS) is 21.4. The number of amides is 1. The van der Waals surface area contributed by atoms with E-state index in [0.717, 1.165) is 58.5 Å². The van der Waals surface area contributed by atoms with Crippen molar-refractivity contribution in [2.24, 2.45) is 0 Å². The summed E-state index contributed by atoms with van der Waals surface area (Å²) in [6.45, 7) is 4.08. The van der Waals surface area contributed by atoms with E-state index in [0.29, 0.717) is 18.4 Å². The number of nitrogens with one attached hydrogen (secondary N) is 1. The Kier molecular flexibility index (Phi) is 6.57. The summed E-state index contributed by atoms with van der Waals surface area (Å²) in [5.74, 6) is 0.309. The molecule has 1 amide bonds. The highest BCUT2D eigenvalue weighted by Crippen LogP contribution is 2.38. The molecule has 1 unspecified atom stereocenters. The summed E-state index contributed by atoms with van der Waals surface area (Å²) >= 11 is 0. The first-order valence-electron chi connectivity index (χ1n) is 10.8. The zero-order valence-electron chi connectivity index (χ0n) is 17.1. The molecular weight excluding hydrogens is 362 g/mol. The zero-order chi connectivity index (χ0) is 19.9. The van der Waals surface area contributed by atoms with Gasteiger partial charge >= 0.3 is 0 Å². The fraction of sp³-hybridized carbons (Fsp3) is 0.500. The lowest BCUT2D eigenvalue weighted by Crippen LogP contribution is -2.48. The molecule has 29 heavy (non-hydrogen) atoms. The Labute approximate surface area is 173 Å². The van der Waals surface area contributed by atoms with Crippen LogP contribution in [0.3, 0.4) is 0 Å². The van der Waals surface area contributed by atoms with E-state index < -0.39 is 0 Å². The number of hydrogen-bond acceptors (Lipinski definition) is 4. The maximum absolute atomic E-state index is 12.8. The van der Waals surface area contributed by atoms with Crippen LogP contribution >= 0.6 is 0 Å². The van der Waals surface area contributed by atoms with Gasteiger partial charge in [-0.2, -0.15) is 0 Å². The molecule has 5 nitrogen and oxygen atoms in total. The molecule has 2 aromatic rings. The molecular formula is C24H31N3O2. The van der Waals surface area contributed by atoms with Crippen molar-refractivity contribution in [2.45, 2.75) is 50.1 Å². The molecule has 0 saturated carbocycles. The Balaban J connectivity index is 1.39. The Morgan fingerprint density at radius 3 is 2.72 bits per heavy atom. The molecule has 2 fully saturated rings. The quantitative estimate of drug-likeness (QED) is 0.699. The van der Waals surface area contributed by atoms with Crippen molar-refractivity contribution >= 4 is 5.91 Å². The standard InChI is InChI=1S/C24H31N3O2/c28-23-9-8-22(10-14-26-18-20-5-4-13-25-17-20)27(23)19-24(11-15-29-16-12-24)21-6-2-1-3-7-21/h1-7,13,17,22,26H,8-12,14-16,18-19H2. The minimum absolute atomic E-state index is 0.0148. The van der Waals surface area contributed by atoms with E-state index in [4.69, 9.17) is 4.74 Å². The van der Waals surface area contributed by atoms with E-state index in [9.17, 15) is 4.79 Å². The topological polar surface area (TPSA) is 54.5 Å². The lowest BCUT2D eigenvalue weighted by molar-refractivity contribution is -0.130. The zero-order valence-corrected chi connectivity index (χ0v) is 17.1. The molecule has 3 heterocycles. The van der Waals surface area contributed by atoms with Gasteiger partial charge < -0.3 is 15.0 Å². The molecule has 1 atom stereocenters. The third-order valence-electron chi connectivity index (χ3n) is 6.47. The van der Waals surface area contributed by atoms with Crippen LogP contribution in [0.4, 0.5) is 0 Å². The SMILES string of the molecule is O=C1CCC(CCNCc2cccnc2)N1CC1(c2ccccc2)CCOCC1. The van der Waals surface area contributed by atoms with Crippen LogP contribution in [-0.2, 0) is 21.5 Å². The molecule has 2 saturated heterocycles. The highest BCUT2D eigenvalue weighted by Gasteiger charge is 2.41. The van der Waals surface area contributed by atoms with Gasteiger partial charge in [0.25, 0.3) is 0 Å². The Morgan fingerprint density at radius 2 is 1.97 bits per heavy atom. The number of nitrogens with zero attached hydrogens (tertiary/aromatic N) is 2. The summed E-state index contributed by atoms with van der Waals surface area (Å²) in [7, 11) is 0. The monoisotopic (exact) mass is 393 g/mol. The van der Waals surface area contributed by atoms with Crippen molar-refractivity contribution in [3.05, 3.63) is 66.0 Å². The third-order valence-corrected chi connectivity index (χ3v) is 6.47. The van der Waals surface area contributed by atoms with Gasteiger partial charge in [-0.3, -0.25) is 9.78 Å². The van der Waals surface area contributed by atoms with Crippen molar-refractivity contribution in [1.82, 2.24) is 15.2 Å². The minimum atomic E-state index is 0.0148. The maximum atomic E-state index is 12.8. The van der Waals surface area contributed by atoms with Crippen LogP contribution in [0.2, 0.25) is 0 Å².